The van der Waals surface area contributed by atoms with Crippen molar-refractivity contribution in [1.82, 2.24) is 5.32 Å². The van der Waals surface area contributed by atoms with Gasteiger partial charge in [-0.3, -0.25) is 9.59 Å². The van der Waals surface area contributed by atoms with Gasteiger partial charge in [0.2, 0.25) is 5.91 Å². The van der Waals surface area contributed by atoms with Gasteiger partial charge in [0.05, 0.1) is 12.6 Å². The molecule has 0 saturated heterocycles. The highest BCUT2D eigenvalue weighted by atomic mass is 28.4. The molecule has 136 valence electrons. The van der Waals surface area contributed by atoms with Crippen molar-refractivity contribution >= 4 is 20.0 Å². The second kappa shape index (κ2) is 7.90. The van der Waals surface area contributed by atoms with Gasteiger partial charge in [-0.25, -0.2) is 0 Å². The van der Waals surface area contributed by atoms with Crippen LogP contribution in [-0.2, 0) is 14.0 Å². The zero-order valence-electron chi connectivity index (χ0n) is 16.2. The average molecular weight is 346 g/mol. The van der Waals surface area contributed by atoms with Gasteiger partial charge < -0.3 is 14.8 Å². The fourth-order valence-electron chi connectivity index (χ4n) is 1.93. The first kappa shape index (κ1) is 22.3. The predicted molar refractivity (Wildman–Crippen MR) is 95.8 cm³/mol. The molecule has 0 radical (unpaired) electrons. The molecule has 0 fully saturated rings. The lowest BCUT2D eigenvalue weighted by Crippen LogP contribution is -2.55. The Bertz CT molecular complexity index is 425. The molecule has 0 rings (SSSR count). The molecule has 0 aromatic rings. The summed E-state index contributed by atoms with van der Waals surface area (Å²) in [6.45, 7) is 17.2. The highest BCUT2D eigenvalue weighted by molar-refractivity contribution is 6.74. The van der Waals surface area contributed by atoms with Crippen LogP contribution in [-0.4, -0.2) is 43.4 Å². The summed E-state index contributed by atoms with van der Waals surface area (Å²) in [7, 11) is -2.06. The molecule has 2 N–H and O–H groups in total. The first-order valence-electron chi connectivity index (χ1n) is 8.28. The number of amides is 1. The van der Waals surface area contributed by atoms with E-state index in [0.29, 0.717) is 6.42 Å². The minimum Gasteiger partial charge on any atom is -0.413 e. The van der Waals surface area contributed by atoms with Crippen LogP contribution in [0.4, 0.5) is 0 Å². The summed E-state index contributed by atoms with van der Waals surface area (Å²) in [6, 6.07) is -0.689. The quantitative estimate of drug-likeness (QED) is 0.663. The van der Waals surface area contributed by atoms with Gasteiger partial charge in [-0.1, -0.05) is 34.6 Å². The first-order chi connectivity index (χ1) is 10.1. The lowest BCUT2D eigenvalue weighted by atomic mass is 9.90. The van der Waals surface area contributed by atoms with Gasteiger partial charge in [0, 0.05) is 6.92 Å². The molecule has 0 aliphatic rings. The number of hydrogen-bond acceptors (Lipinski definition) is 4. The fraction of sp³-hybridized carbons (Fsp3) is 0.882. The van der Waals surface area contributed by atoms with Gasteiger partial charge in [0.1, 0.15) is 5.60 Å². The van der Waals surface area contributed by atoms with Gasteiger partial charge in [-0.15, -0.1) is 0 Å². The summed E-state index contributed by atoms with van der Waals surface area (Å²) >= 11 is 0. The number of nitrogens with one attached hydrogen (secondary N) is 1. The van der Waals surface area contributed by atoms with E-state index in [1.54, 1.807) is 0 Å². The van der Waals surface area contributed by atoms with Gasteiger partial charge in [-0.05, 0) is 37.4 Å². The number of rotatable bonds is 8. The van der Waals surface area contributed by atoms with Gasteiger partial charge >= 0.3 is 0 Å². The second-order valence-electron chi connectivity index (χ2n) is 8.57. The van der Waals surface area contributed by atoms with Crippen molar-refractivity contribution in [3.05, 3.63) is 0 Å². The topological polar surface area (TPSA) is 75.6 Å². The lowest BCUT2D eigenvalue weighted by Gasteiger charge is -2.38. The zero-order chi connectivity index (χ0) is 18.6. The standard InChI is InChI=1S/C17H35NO4Si/c1-12(2)10-14(18-13(3)19)15(20)17(7,21)11-22-23(8,9)16(4,5)6/h12,14,21H,10-11H2,1-9H3,(H,18,19). The molecule has 6 heteroatoms. The van der Waals surface area contributed by atoms with Crippen LogP contribution in [0.5, 0.6) is 0 Å². The minimum atomic E-state index is -2.06. The summed E-state index contributed by atoms with van der Waals surface area (Å²) in [6.07, 6.45) is 0.495. The van der Waals surface area contributed by atoms with Crippen molar-refractivity contribution in [2.45, 2.75) is 84.7 Å². The molecule has 0 aromatic heterocycles. The zero-order valence-corrected chi connectivity index (χ0v) is 17.2. The van der Waals surface area contributed by atoms with E-state index in [1.807, 2.05) is 13.8 Å². The molecule has 2 unspecified atom stereocenters. The summed E-state index contributed by atoms with van der Waals surface area (Å²) in [4.78, 5) is 24.0. The maximum absolute atomic E-state index is 12.7. The third-order valence-electron chi connectivity index (χ3n) is 4.45. The third kappa shape index (κ3) is 7.14. The molecule has 0 aromatic carbocycles. The molecular formula is C17H35NO4Si. The molecule has 5 nitrogen and oxygen atoms in total. The Hall–Kier alpha value is -0.723. The molecular weight excluding hydrogens is 310 g/mol. The van der Waals surface area contributed by atoms with Crippen LogP contribution in [0.15, 0.2) is 0 Å². The second-order valence-corrected chi connectivity index (χ2v) is 13.4. The van der Waals surface area contributed by atoms with E-state index in [4.69, 9.17) is 4.43 Å². The van der Waals surface area contributed by atoms with E-state index < -0.39 is 20.0 Å². The molecule has 23 heavy (non-hydrogen) atoms. The third-order valence-corrected chi connectivity index (χ3v) is 8.93. The van der Waals surface area contributed by atoms with Crippen molar-refractivity contribution in [1.29, 1.82) is 0 Å². The van der Waals surface area contributed by atoms with E-state index in [9.17, 15) is 14.7 Å². The van der Waals surface area contributed by atoms with Crippen molar-refractivity contribution in [3.8, 4) is 0 Å². The Morgan fingerprint density at radius 3 is 2.00 bits per heavy atom. The summed E-state index contributed by atoms with van der Waals surface area (Å²) in [5.41, 5.74) is -1.61. The highest BCUT2D eigenvalue weighted by Crippen LogP contribution is 2.37. The number of carbonyl (C=O) groups excluding carboxylic acids is 2. The fourth-order valence-corrected chi connectivity index (χ4v) is 3.01. The molecule has 0 heterocycles. The van der Waals surface area contributed by atoms with Crippen LogP contribution >= 0.6 is 0 Å². The van der Waals surface area contributed by atoms with Crippen LogP contribution < -0.4 is 5.32 Å². The van der Waals surface area contributed by atoms with E-state index in [2.05, 4.69) is 39.2 Å². The average Bonchev–Trinajstić information content (AvgIpc) is 2.32. The number of hydrogen-bond donors (Lipinski definition) is 2. The van der Waals surface area contributed by atoms with E-state index in [0.717, 1.165) is 0 Å². The molecule has 0 aliphatic heterocycles. The Kier molecular flexibility index (Phi) is 7.65. The molecule has 0 bridgehead atoms. The van der Waals surface area contributed by atoms with Gasteiger partial charge in [-0.2, -0.15) is 0 Å². The summed E-state index contributed by atoms with van der Waals surface area (Å²) in [5.74, 6) is -0.432. The first-order valence-corrected chi connectivity index (χ1v) is 11.2. The molecule has 0 aliphatic carbocycles. The number of carbonyl (C=O) groups is 2. The van der Waals surface area contributed by atoms with Crippen molar-refractivity contribution in [2.24, 2.45) is 5.92 Å². The Morgan fingerprint density at radius 1 is 1.17 bits per heavy atom. The van der Waals surface area contributed by atoms with Crippen LogP contribution in [0, 0.1) is 5.92 Å². The van der Waals surface area contributed by atoms with Crippen LogP contribution in [0.1, 0.15) is 54.9 Å². The van der Waals surface area contributed by atoms with Crippen LogP contribution in [0.25, 0.3) is 0 Å². The van der Waals surface area contributed by atoms with Crippen molar-refractivity contribution in [2.75, 3.05) is 6.61 Å². The normalized spacial score (nSPS) is 16.8. The SMILES string of the molecule is CC(=O)NC(CC(C)C)C(=O)C(C)(O)CO[Si](C)(C)C(C)(C)C. The largest absolute Gasteiger partial charge is 0.413 e. The van der Waals surface area contributed by atoms with Crippen LogP contribution in [0.3, 0.4) is 0 Å². The van der Waals surface area contributed by atoms with Crippen LogP contribution in [0.2, 0.25) is 18.1 Å². The van der Waals surface area contributed by atoms with E-state index in [1.165, 1.54) is 13.8 Å². The monoisotopic (exact) mass is 345 g/mol. The molecule has 0 saturated carbocycles. The van der Waals surface area contributed by atoms with E-state index >= 15 is 0 Å². The lowest BCUT2D eigenvalue weighted by molar-refractivity contribution is -0.143. The maximum Gasteiger partial charge on any atom is 0.217 e. The predicted octanol–water partition coefficient (Wildman–Crippen LogP) is 2.88. The Balaban J connectivity index is 5.08. The number of aliphatic hydroxyl groups is 1. The number of Topliss-reactive ketones (excluding diaryl/α,β-unsaturated/α-hetero) is 1. The molecule has 1 amide bonds. The summed E-state index contributed by atoms with van der Waals surface area (Å²) < 4.78 is 6.00. The molecule has 2 atom stereocenters. The summed E-state index contributed by atoms with van der Waals surface area (Å²) in [5, 5.41) is 13.3. The highest BCUT2D eigenvalue weighted by Gasteiger charge is 2.42. The van der Waals surface area contributed by atoms with Crippen molar-refractivity contribution in [3.63, 3.8) is 0 Å². The number of ketones is 1. The smallest absolute Gasteiger partial charge is 0.217 e. The van der Waals surface area contributed by atoms with Gasteiger partial charge in [0.25, 0.3) is 0 Å². The molecule has 0 spiro atoms. The maximum atomic E-state index is 12.7. The van der Waals surface area contributed by atoms with Gasteiger partial charge in [0.15, 0.2) is 14.1 Å². The Morgan fingerprint density at radius 2 is 1.65 bits per heavy atom. The minimum absolute atomic E-state index is 0.00109. The van der Waals surface area contributed by atoms with Crippen molar-refractivity contribution < 1.29 is 19.1 Å². The van der Waals surface area contributed by atoms with E-state index in [-0.39, 0.29) is 29.3 Å². The Labute approximate surface area is 142 Å².